The smallest absolute Gasteiger partial charge is 0.314 e. The fourth-order valence-corrected chi connectivity index (χ4v) is 9.53. The van der Waals surface area contributed by atoms with Gasteiger partial charge in [0.15, 0.2) is 23.1 Å². The number of carbonyl (C=O) groups is 6. The van der Waals surface area contributed by atoms with Crippen LogP contribution in [0.15, 0.2) is 68.1 Å². The van der Waals surface area contributed by atoms with Gasteiger partial charge in [-0.25, -0.2) is 0 Å². The van der Waals surface area contributed by atoms with Crippen LogP contribution in [0.4, 0.5) is 0 Å². The van der Waals surface area contributed by atoms with Crippen LogP contribution in [0.25, 0.3) is 10.8 Å². The number of ketones is 2. The minimum absolute atomic E-state index is 0.0466. The van der Waals surface area contributed by atoms with Gasteiger partial charge in [0.1, 0.15) is 12.6 Å². The van der Waals surface area contributed by atoms with Crippen LogP contribution in [0.1, 0.15) is 72.1 Å². The molecule has 0 N–H and O–H groups in total. The van der Waals surface area contributed by atoms with Gasteiger partial charge in [-0.15, -0.1) is 0 Å². The van der Waals surface area contributed by atoms with Crippen molar-refractivity contribution in [2.75, 3.05) is 0 Å². The standard InChI is InChI=1S/C36H30O8S2/c37-17-19-9-13-21(14-10-19)34(41)43-30-25-7-3-4-8-26(25)31(44-35(42)22-15-11-20(18-38)12-16-22)33-32(30)45-36(46-33)27-28(39)23-5-1-2-6-24(23)29(27)40/h1-8,17-22H,9-16H2. The van der Waals surface area contributed by atoms with Crippen LogP contribution in [0.3, 0.4) is 0 Å². The summed E-state index contributed by atoms with van der Waals surface area (Å²) in [6, 6.07) is 13.9. The normalized spacial score (nSPS) is 24.0. The summed E-state index contributed by atoms with van der Waals surface area (Å²) in [5.41, 5.74) is 0.727. The number of esters is 2. The van der Waals surface area contributed by atoms with Gasteiger partial charge in [0, 0.05) is 33.7 Å². The van der Waals surface area contributed by atoms with E-state index in [9.17, 15) is 28.8 Å². The summed E-state index contributed by atoms with van der Waals surface area (Å²) in [5.74, 6) is -1.80. The maximum atomic E-state index is 13.6. The first kappa shape index (κ1) is 30.6. The molecule has 0 radical (unpaired) electrons. The number of hydrogen-bond donors (Lipinski definition) is 0. The van der Waals surface area contributed by atoms with Crippen LogP contribution in [-0.4, -0.2) is 36.1 Å². The van der Waals surface area contributed by atoms with Gasteiger partial charge < -0.3 is 19.1 Å². The maximum Gasteiger partial charge on any atom is 0.314 e. The molecular formula is C36H30O8S2. The molecule has 0 atom stereocenters. The van der Waals surface area contributed by atoms with Crippen molar-refractivity contribution in [2.45, 2.75) is 61.2 Å². The van der Waals surface area contributed by atoms with E-state index in [0.29, 0.717) is 98.8 Å². The summed E-state index contributed by atoms with van der Waals surface area (Å²) >= 11 is 2.35. The van der Waals surface area contributed by atoms with E-state index in [1.54, 1.807) is 48.5 Å². The quantitative estimate of drug-likeness (QED) is 0.0891. The lowest BCUT2D eigenvalue weighted by atomic mass is 9.83. The molecule has 1 heterocycles. The highest BCUT2D eigenvalue weighted by molar-refractivity contribution is 8.25. The Morgan fingerprint density at radius 2 is 1.00 bits per heavy atom. The average molecular weight is 655 g/mol. The number of Topliss-reactive ketones (excluding diaryl/α,β-unsaturated/α-hetero) is 2. The molecule has 3 aromatic rings. The van der Waals surface area contributed by atoms with Crippen LogP contribution >= 0.6 is 23.5 Å². The van der Waals surface area contributed by atoms with Crippen LogP contribution in [0, 0.1) is 23.7 Å². The fourth-order valence-electron chi connectivity index (χ4n) is 6.81. The van der Waals surface area contributed by atoms with Crippen molar-refractivity contribution >= 4 is 70.4 Å². The third kappa shape index (κ3) is 5.41. The lowest BCUT2D eigenvalue weighted by Crippen LogP contribution is -2.27. The van der Waals surface area contributed by atoms with Gasteiger partial charge in [0.2, 0.25) is 0 Å². The van der Waals surface area contributed by atoms with E-state index in [-0.39, 0.29) is 40.8 Å². The Hall–Kier alpha value is -4.02. The number of fused-ring (bicyclic) bond motifs is 3. The van der Waals surface area contributed by atoms with E-state index >= 15 is 0 Å². The SMILES string of the molecule is O=CC1CCC(C(=O)Oc2c3c(c(OC(=O)C4CCC(C=O)CC4)c4ccccc24)SC(=C2C(=O)c4ccccc4C2=O)S3)CC1. The summed E-state index contributed by atoms with van der Waals surface area (Å²) in [4.78, 5) is 77.7. The second-order valence-corrected chi connectivity index (χ2v) is 14.6. The number of aldehydes is 2. The third-order valence-electron chi connectivity index (χ3n) is 9.50. The molecule has 46 heavy (non-hydrogen) atoms. The topological polar surface area (TPSA) is 121 Å². The summed E-state index contributed by atoms with van der Waals surface area (Å²) in [6.45, 7) is 0. The molecule has 2 saturated carbocycles. The number of thioether (sulfide) groups is 2. The van der Waals surface area contributed by atoms with Crippen molar-refractivity contribution in [3.63, 3.8) is 0 Å². The van der Waals surface area contributed by atoms with Crippen molar-refractivity contribution in [2.24, 2.45) is 23.7 Å². The highest BCUT2D eigenvalue weighted by Gasteiger charge is 2.41. The highest BCUT2D eigenvalue weighted by Crippen LogP contribution is 2.62. The molecular weight excluding hydrogens is 625 g/mol. The van der Waals surface area contributed by atoms with Gasteiger partial charge in [-0.3, -0.25) is 19.2 Å². The van der Waals surface area contributed by atoms with Gasteiger partial charge in [0.25, 0.3) is 0 Å². The molecule has 4 aliphatic rings. The molecule has 0 saturated heterocycles. The molecule has 234 valence electrons. The summed E-state index contributed by atoms with van der Waals surface area (Å²) in [5, 5.41) is 1.13. The molecule has 0 amide bonds. The maximum absolute atomic E-state index is 13.6. The van der Waals surface area contributed by atoms with E-state index < -0.39 is 11.9 Å². The average Bonchev–Trinajstić information content (AvgIpc) is 3.64. The fraction of sp³-hybridized carbons (Fsp3) is 0.333. The molecule has 1 aliphatic heterocycles. The lowest BCUT2D eigenvalue weighted by molar-refractivity contribution is -0.141. The monoisotopic (exact) mass is 654 g/mol. The number of rotatable bonds is 6. The molecule has 10 heteroatoms. The zero-order valence-electron chi connectivity index (χ0n) is 24.8. The van der Waals surface area contributed by atoms with Crippen molar-refractivity contribution in [3.8, 4) is 11.5 Å². The Balaban J connectivity index is 1.30. The minimum Gasteiger partial charge on any atom is -0.424 e. The van der Waals surface area contributed by atoms with Gasteiger partial charge >= 0.3 is 11.9 Å². The van der Waals surface area contributed by atoms with E-state index in [4.69, 9.17) is 9.47 Å². The summed E-state index contributed by atoms with van der Waals surface area (Å²) in [7, 11) is 0. The molecule has 3 aliphatic carbocycles. The number of hydrogen-bond acceptors (Lipinski definition) is 10. The molecule has 0 unspecified atom stereocenters. The van der Waals surface area contributed by atoms with Crippen LogP contribution in [0.5, 0.6) is 11.5 Å². The number of benzene rings is 3. The van der Waals surface area contributed by atoms with Crippen molar-refractivity contribution in [1.29, 1.82) is 0 Å². The van der Waals surface area contributed by atoms with Crippen LogP contribution in [0.2, 0.25) is 0 Å². The Kier molecular flexibility index (Phi) is 8.42. The van der Waals surface area contributed by atoms with Gasteiger partial charge in [0.05, 0.1) is 31.4 Å². The van der Waals surface area contributed by atoms with E-state index in [0.717, 1.165) is 12.6 Å². The Morgan fingerprint density at radius 3 is 1.39 bits per heavy atom. The first-order valence-corrected chi connectivity index (χ1v) is 17.2. The molecule has 0 spiro atoms. The second kappa shape index (κ2) is 12.6. The first-order chi connectivity index (χ1) is 22.4. The molecule has 0 aromatic heterocycles. The molecule has 8 nitrogen and oxygen atoms in total. The Labute approximate surface area is 273 Å². The zero-order valence-corrected chi connectivity index (χ0v) is 26.5. The number of ether oxygens (including phenoxy) is 2. The van der Waals surface area contributed by atoms with E-state index in [1.165, 1.54) is 23.5 Å². The minimum atomic E-state index is -0.402. The molecule has 2 fully saturated rings. The van der Waals surface area contributed by atoms with Gasteiger partial charge in [-0.2, -0.15) is 0 Å². The largest absolute Gasteiger partial charge is 0.424 e. The summed E-state index contributed by atoms with van der Waals surface area (Å²) < 4.78 is 12.8. The van der Waals surface area contributed by atoms with Gasteiger partial charge in [-0.1, -0.05) is 72.1 Å². The van der Waals surface area contributed by atoms with Crippen molar-refractivity contribution in [1.82, 2.24) is 0 Å². The predicted octanol–water partition coefficient (Wildman–Crippen LogP) is 7.15. The van der Waals surface area contributed by atoms with Crippen molar-refractivity contribution in [3.05, 3.63) is 69.5 Å². The second-order valence-electron chi connectivity index (χ2n) is 12.3. The summed E-state index contributed by atoms with van der Waals surface area (Å²) in [6.07, 6.45) is 6.56. The third-order valence-corrected chi connectivity index (χ3v) is 12.1. The number of allylic oxidation sites excluding steroid dienone is 1. The van der Waals surface area contributed by atoms with Crippen LogP contribution in [-0.2, 0) is 19.2 Å². The van der Waals surface area contributed by atoms with Crippen LogP contribution < -0.4 is 9.47 Å². The van der Waals surface area contributed by atoms with E-state index in [1.807, 2.05) is 0 Å². The highest BCUT2D eigenvalue weighted by atomic mass is 32.2. The zero-order chi connectivity index (χ0) is 31.9. The lowest BCUT2D eigenvalue weighted by Gasteiger charge is -2.25. The van der Waals surface area contributed by atoms with Gasteiger partial charge in [-0.05, 0) is 51.4 Å². The van der Waals surface area contributed by atoms with E-state index in [2.05, 4.69) is 0 Å². The molecule has 3 aromatic carbocycles. The number of carbonyl (C=O) groups excluding carboxylic acids is 6. The predicted molar refractivity (Wildman–Crippen MR) is 172 cm³/mol. The first-order valence-electron chi connectivity index (χ1n) is 15.6. The molecule has 0 bridgehead atoms. The molecule has 7 rings (SSSR count). The Morgan fingerprint density at radius 1 is 0.609 bits per heavy atom. The van der Waals surface area contributed by atoms with Crippen molar-refractivity contribution < 1.29 is 38.2 Å². The Bertz CT molecular complexity index is 1710.